The maximum Gasteiger partial charge on any atom is 0.315 e. The standard InChI is InChI=1S/C24H25N3O4/c1-2-25-24(29)27-14-21(28)20-13-22(30-16-18-9-5-3-6-10-18)23(15-26-20)31-17-19-11-7-4-8-12-19/h3-13,15H,2,14,16-17H2,1H3,(H2,25,27,29). The molecule has 7 heteroatoms. The lowest BCUT2D eigenvalue weighted by molar-refractivity contribution is 0.0987. The van der Waals surface area contributed by atoms with E-state index >= 15 is 0 Å². The maximum atomic E-state index is 12.5. The number of Topliss-reactive ketones (excluding diaryl/α,β-unsaturated/α-hetero) is 1. The van der Waals surface area contributed by atoms with Crippen molar-refractivity contribution in [2.24, 2.45) is 0 Å². The lowest BCUT2D eigenvalue weighted by Crippen LogP contribution is -2.38. The number of carbonyl (C=O) groups is 2. The van der Waals surface area contributed by atoms with Crippen molar-refractivity contribution >= 4 is 11.8 Å². The lowest BCUT2D eigenvalue weighted by Gasteiger charge is -2.14. The third-order valence-electron chi connectivity index (χ3n) is 4.34. The van der Waals surface area contributed by atoms with E-state index in [2.05, 4.69) is 15.6 Å². The Morgan fingerprint density at radius 1 is 0.839 bits per heavy atom. The van der Waals surface area contributed by atoms with E-state index in [-0.39, 0.29) is 18.0 Å². The topological polar surface area (TPSA) is 89.6 Å². The monoisotopic (exact) mass is 419 g/mol. The molecule has 2 aromatic carbocycles. The number of amides is 2. The number of rotatable bonds is 10. The van der Waals surface area contributed by atoms with Crippen LogP contribution in [0.15, 0.2) is 72.9 Å². The van der Waals surface area contributed by atoms with E-state index in [1.807, 2.05) is 60.7 Å². The zero-order chi connectivity index (χ0) is 21.9. The first-order chi connectivity index (χ1) is 15.2. The molecular formula is C24H25N3O4. The SMILES string of the molecule is CCNC(=O)NCC(=O)c1cc(OCc2ccccc2)c(OCc2ccccc2)cn1. The average molecular weight is 419 g/mol. The van der Waals surface area contributed by atoms with Crippen LogP contribution in [-0.4, -0.2) is 29.9 Å². The van der Waals surface area contributed by atoms with Gasteiger partial charge in [0.05, 0.1) is 12.7 Å². The minimum absolute atomic E-state index is 0.165. The Morgan fingerprint density at radius 3 is 2.00 bits per heavy atom. The van der Waals surface area contributed by atoms with E-state index in [0.717, 1.165) is 11.1 Å². The van der Waals surface area contributed by atoms with Crippen molar-refractivity contribution < 1.29 is 19.1 Å². The Morgan fingerprint density at radius 2 is 1.42 bits per heavy atom. The van der Waals surface area contributed by atoms with Crippen LogP contribution in [0.1, 0.15) is 28.5 Å². The fourth-order valence-corrected chi connectivity index (χ4v) is 2.74. The molecule has 3 rings (SSSR count). The van der Waals surface area contributed by atoms with Gasteiger partial charge in [-0.15, -0.1) is 0 Å². The van der Waals surface area contributed by atoms with Crippen LogP contribution in [0.2, 0.25) is 0 Å². The molecule has 0 atom stereocenters. The number of nitrogens with one attached hydrogen (secondary N) is 2. The number of hydrogen-bond acceptors (Lipinski definition) is 5. The highest BCUT2D eigenvalue weighted by atomic mass is 16.5. The predicted molar refractivity (Wildman–Crippen MR) is 117 cm³/mol. The number of ether oxygens (including phenoxy) is 2. The number of ketones is 1. The minimum Gasteiger partial charge on any atom is -0.485 e. The van der Waals surface area contributed by atoms with Gasteiger partial charge in [0, 0.05) is 12.6 Å². The third kappa shape index (κ3) is 6.85. The van der Waals surface area contributed by atoms with Gasteiger partial charge in [-0.25, -0.2) is 9.78 Å². The molecule has 1 heterocycles. The average Bonchev–Trinajstić information content (AvgIpc) is 2.81. The molecule has 7 nitrogen and oxygen atoms in total. The van der Waals surface area contributed by atoms with Crippen LogP contribution in [0.25, 0.3) is 0 Å². The summed E-state index contributed by atoms with van der Waals surface area (Å²) >= 11 is 0. The number of urea groups is 1. The zero-order valence-corrected chi connectivity index (χ0v) is 17.3. The molecule has 0 saturated carbocycles. The Labute approximate surface area is 181 Å². The van der Waals surface area contributed by atoms with Crippen molar-refractivity contribution in [3.05, 3.63) is 89.7 Å². The molecule has 1 aromatic heterocycles. The summed E-state index contributed by atoms with van der Waals surface area (Å²) in [6.45, 7) is 2.77. The quantitative estimate of drug-likeness (QED) is 0.489. The molecule has 160 valence electrons. The second kappa shape index (κ2) is 11.3. The van der Waals surface area contributed by atoms with E-state index in [0.29, 0.717) is 31.3 Å². The molecule has 31 heavy (non-hydrogen) atoms. The first-order valence-electron chi connectivity index (χ1n) is 10.0. The molecule has 0 unspecified atom stereocenters. The van der Waals surface area contributed by atoms with Gasteiger partial charge in [0.2, 0.25) is 0 Å². The molecule has 0 aliphatic heterocycles. The van der Waals surface area contributed by atoms with Gasteiger partial charge >= 0.3 is 6.03 Å². The van der Waals surface area contributed by atoms with Crippen molar-refractivity contribution in [3.8, 4) is 11.5 Å². The molecule has 0 radical (unpaired) electrons. The van der Waals surface area contributed by atoms with Gasteiger partial charge < -0.3 is 20.1 Å². The van der Waals surface area contributed by atoms with Gasteiger partial charge in [-0.1, -0.05) is 60.7 Å². The van der Waals surface area contributed by atoms with Crippen LogP contribution in [0.5, 0.6) is 11.5 Å². The summed E-state index contributed by atoms with van der Waals surface area (Å²) in [4.78, 5) is 28.2. The second-order valence-electron chi connectivity index (χ2n) is 6.70. The summed E-state index contributed by atoms with van der Waals surface area (Å²) < 4.78 is 11.8. The molecule has 0 fully saturated rings. The number of hydrogen-bond donors (Lipinski definition) is 2. The molecule has 0 bridgehead atoms. The Kier molecular flexibility index (Phi) is 7.99. The highest BCUT2D eigenvalue weighted by Gasteiger charge is 2.15. The van der Waals surface area contributed by atoms with Gasteiger partial charge in [0.25, 0.3) is 0 Å². The largest absolute Gasteiger partial charge is 0.485 e. The molecule has 0 spiro atoms. The first-order valence-corrected chi connectivity index (χ1v) is 10.0. The number of benzene rings is 2. The second-order valence-corrected chi connectivity index (χ2v) is 6.70. The van der Waals surface area contributed by atoms with E-state index in [4.69, 9.17) is 9.47 Å². The van der Waals surface area contributed by atoms with Crippen molar-refractivity contribution in [1.29, 1.82) is 0 Å². The normalized spacial score (nSPS) is 10.2. The Bertz CT molecular complexity index is 994. The summed E-state index contributed by atoms with van der Waals surface area (Å²) in [5.74, 6) is 0.523. The summed E-state index contributed by atoms with van der Waals surface area (Å²) in [7, 11) is 0. The summed E-state index contributed by atoms with van der Waals surface area (Å²) in [5.41, 5.74) is 2.17. The molecule has 2 N–H and O–H groups in total. The highest BCUT2D eigenvalue weighted by Crippen LogP contribution is 2.29. The molecule has 3 aromatic rings. The molecule has 0 saturated heterocycles. The summed E-state index contributed by atoms with van der Waals surface area (Å²) in [5, 5.41) is 5.09. The van der Waals surface area contributed by atoms with Crippen molar-refractivity contribution in [2.45, 2.75) is 20.1 Å². The zero-order valence-electron chi connectivity index (χ0n) is 17.3. The highest BCUT2D eigenvalue weighted by molar-refractivity contribution is 5.98. The van der Waals surface area contributed by atoms with Gasteiger partial charge in [-0.2, -0.15) is 0 Å². The number of aromatic nitrogens is 1. The van der Waals surface area contributed by atoms with E-state index in [1.54, 1.807) is 13.0 Å². The van der Waals surface area contributed by atoms with E-state index < -0.39 is 6.03 Å². The predicted octanol–water partition coefficient (Wildman–Crippen LogP) is 3.74. The van der Waals surface area contributed by atoms with Gasteiger partial charge in [-0.05, 0) is 18.1 Å². The number of nitrogens with zero attached hydrogens (tertiary/aromatic N) is 1. The fraction of sp³-hybridized carbons (Fsp3) is 0.208. The minimum atomic E-state index is -0.404. The molecule has 0 aliphatic carbocycles. The van der Waals surface area contributed by atoms with E-state index in [9.17, 15) is 9.59 Å². The number of pyridine rings is 1. The lowest BCUT2D eigenvalue weighted by atomic mass is 10.2. The van der Waals surface area contributed by atoms with E-state index in [1.165, 1.54) is 6.20 Å². The maximum absolute atomic E-state index is 12.5. The van der Waals surface area contributed by atoms with Crippen LogP contribution in [0.4, 0.5) is 4.79 Å². The Hall–Kier alpha value is -3.87. The third-order valence-corrected chi connectivity index (χ3v) is 4.34. The van der Waals surface area contributed by atoms with Gasteiger partial charge in [-0.3, -0.25) is 4.79 Å². The first kappa shape index (κ1) is 21.8. The smallest absolute Gasteiger partial charge is 0.315 e. The van der Waals surface area contributed by atoms with Gasteiger partial charge in [0.1, 0.15) is 18.9 Å². The molecular weight excluding hydrogens is 394 g/mol. The van der Waals surface area contributed by atoms with Crippen molar-refractivity contribution in [2.75, 3.05) is 13.1 Å². The summed E-state index contributed by atoms with van der Waals surface area (Å²) in [6.07, 6.45) is 1.47. The fourth-order valence-electron chi connectivity index (χ4n) is 2.74. The molecule has 0 aliphatic rings. The number of carbonyl (C=O) groups excluding carboxylic acids is 2. The summed E-state index contributed by atoms with van der Waals surface area (Å²) in [6, 6.07) is 20.6. The Balaban J connectivity index is 1.73. The van der Waals surface area contributed by atoms with Crippen molar-refractivity contribution in [1.82, 2.24) is 15.6 Å². The van der Waals surface area contributed by atoms with Crippen molar-refractivity contribution in [3.63, 3.8) is 0 Å². The molecule has 2 amide bonds. The van der Waals surface area contributed by atoms with Crippen LogP contribution in [0.3, 0.4) is 0 Å². The van der Waals surface area contributed by atoms with Gasteiger partial charge in [0.15, 0.2) is 17.3 Å². The van der Waals surface area contributed by atoms with Crippen LogP contribution in [-0.2, 0) is 13.2 Å². The van der Waals surface area contributed by atoms with Crippen LogP contribution < -0.4 is 20.1 Å². The van der Waals surface area contributed by atoms with Crippen LogP contribution >= 0.6 is 0 Å². The van der Waals surface area contributed by atoms with Crippen LogP contribution in [0, 0.1) is 0 Å².